The number of hydrogen-bond acceptors (Lipinski definition) is 2. The van der Waals surface area contributed by atoms with E-state index in [1.54, 1.807) is 6.07 Å². The quantitative estimate of drug-likeness (QED) is 0.788. The van der Waals surface area contributed by atoms with Crippen LogP contribution in [0.25, 0.3) is 0 Å². The maximum Gasteiger partial charge on any atom is 0.315 e. The van der Waals surface area contributed by atoms with Gasteiger partial charge in [0.1, 0.15) is 5.82 Å². The summed E-state index contributed by atoms with van der Waals surface area (Å²) >= 11 is 5.57. The van der Waals surface area contributed by atoms with Crippen LogP contribution in [0.5, 0.6) is 0 Å². The van der Waals surface area contributed by atoms with Crippen molar-refractivity contribution in [3.8, 4) is 0 Å². The number of urea groups is 1. The third kappa shape index (κ3) is 4.16. The van der Waals surface area contributed by atoms with E-state index in [2.05, 4.69) is 10.6 Å². The second-order valence-electron chi connectivity index (χ2n) is 4.18. The molecule has 0 aliphatic carbocycles. The molecule has 1 unspecified atom stereocenters. The molecule has 0 aliphatic rings. The molecule has 4 nitrogen and oxygen atoms in total. The standard InChI is InChI=1S/C12H16ClFN2O2/c1-7(2)15-12(18)16-11(6-17)8-3-4-9(13)10(14)5-8/h3-5,7,11,17H,6H2,1-2H3,(H2,15,16,18). The Hall–Kier alpha value is -1.33. The summed E-state index contributed by atoms with van der Waals surface area (Å²) < 4.78 is 13.3. The van der Waals surface area contributed by atoms with Crippen LogP contribution in [0.15, 0.2) is 18.2 Å². The Morgan fingerprint density at radius 2 is 2.11 bits per heavy atom. The number of amides is 2. The fourth-order valence-electron chi connectivity index (χ4n) is 1.43. The van der Waals surface area contributed by atoms with Crippen molar-refractivity contribution < 1.29 is 14.3 Å². The van der Waals surface area contributed by atoms with E-state index >= 15 is 0 Å². The Kier molecular flexibility index (Phi) is 5.37. The first-order valence-corrected chi connectivity index (χ1v) is 5.94. The topological polar surface area (TPSA) is 61.4 Å². The largest absolute Gasteiger partial charge is 0.394 e. The smallest absolute Gasteiger partial charge is 0.315 e. The first kappa shape index (κ1) is 14.7. The highest BCUT2D eigenvalue weighted by Crippen LogP contribution is 2.20. The molecule has 2 amide bonds. The summed E-state index contributed by atoms with van der Waals surface area (Å²) in [6.45, 7) is 3.30. The van der Waals surface area contributed by atoms with Crippen LogP contribution in [-0.4, -0.2) is 23.8 Å². The highest BCUT2D eigenvalue weighted by Gasteiger charge is 2.15. The number of carbonyl (C=O) groups excluding carboxylic acids is 1. The van der Waals surface area contributed by atoms with Crippen LogP contribution in [0.4, 0.5) is 9.18 Å². The zero-order chi connectivity index (χ0) is 13.7. The summed E-state index contributed by atoms with van der Waals surface area (Å²) in [5.74, 6) is -0.585. The molecule has 0 radical (unpaired) electrons. The number of aliphatic hydroxyl groups is 1. The minimum atomic E-state index is -0.671. The van der Waals surface area contributed by atoms with Gasteiger partial charge in [-0.05, 0) is 31.5 Å². The average Bonchev–Trinajstić information content (AvgIpc) is 2.29. The lowest BCUT2D eigenvalue weighted by Crippen LogP contribution is -2.42. The lowest BCUT2D eigenvalue weighted by atomic mass is 10.1. The van der Waals surface area contributed by atoms with E-state index in [0.29, 0.717) is 5.56 Å². The molecular weight excluding hydrogens is 259 g/mol. The first-order valence-electron chi connectivity index (χ1n) is 5.57. The van der Waals surface area contributed by atoms with Crippen LogP contribution >= 0.6 is 11.6 Å². The number of aliphatic hydroxyl groups excluding tert-OH is 1. The molecule has 1 rings (SSSR count). The van der Waals surface area contributed by atoms with Gasteiger partial charge in [0.2, 0.25) is 0 Å². The normalized spacial score (nSPS) is 12.3. The van der Waals surface area contributed by atoms with Gasteiger partial charge in [-0.2, -0.15) is 0 Å². The van der Waals surface area contributed by atoms with Gasteiger partial charge in [0.25, 0.3) is 0 Å². The molecule has 0 saturated heterocycles. The fourth-order valence-corrected chi connectivity index (χ4v) is 1.54. The minimum Gasteiger partial charge on any atom is -0.394 e. The highest BCUT2D eigenvalue weighted by atomic mass is 35.5. The van der Waals surface area contributed by atoms with Gasteiger partial charge in [0.15, 0.2) is 0 Å². The molecule has 0 aromatic heterocycles. The fraction of sp³-hybridized carbons (Fsp3) is 0.417. The van der Waals surface area contributed by atoms with E-state index in [4.69, 9.17) is 11.6 Å². The van der Waals surface area contributed by atoms with Crippen LogP contribution in [0, 0.1) is 5.82 Å². The highest BCUT2D eigenvalue weighted by molar-refractivity contribution is 6.30. The molecule has 1 aromatic carbocycles. The third-order valence-corrected chi connectivity index (χ3v) is 2.56. The zero-order valence-electron chi connectivity index (χ0n) is 10.2. The summed E-state index contributed by atoms with van der Waals surface area (Å²) in [7, 11) is 0. The Morgan fingerprint density at radius 3 is 2.61 bits per heavy atom. The van der Waals surface area contributed by atoms with Gasteiger partial charge in [-0.1, -0.05) is 17.7 Å². The minimum absolute atomic E-state index is 0.00192. The van der Waals surface area contributed by atoms with Gasteiger partial charge in [0.05, 0.1) is 17.7 Å². The molecule has 0 fully saturated rings. The lowest BCUT2D eigenvalue weighted by molar-refractivity contribution is 0.215. The molecule has 0 aliphatic heterocycles. The molecule has 100 valence electrons. The summed E-state index contributed by atoms with van der Waals surface area (Å²) in [4.78, 5) is 11.5. The van der Waals surface area contributed by atoms with Gasteiger partial charge < -0.3 is 15.7 Å². The molecule has 0 heterocycles. The molecule has 1 aromatic rings. The van der Waals surface area contributed by atoms with Gasteiger partial charge in [-0.15, -0.1) is 0 Å². The van der Waals surface area contributed by atoms with Crippen LogP contribution < -0.4 is 10.6 Å². The Bertz CT molecular complexity index is 427. The zero-order valence-corrected chi connectivity index (χ0v) is 11.0. The summed E-state index contributed by atoms with van der Waals surface area (Å²) in [5.41, 5.74) is 0.457. The van der Waals surface area contributed by atoms with Gasteiger partial charge in [-0.25, -0.2) is 9.18 Å². The molecule has 0 saturated carbocycles. The van der Waals surface area contributed by atoms with E-state index < -0.39 is 17.9 Å². The van der Waals surface area contributed by atoms with Crippen LogP contribution in [0.1, 0.15) is 25.5 Å². The van der Waals surface area contributed by atoms with Crippen molar-refractivity contribution in [2.24, 2.45) is 0 Å². The average molecular weight is 275 g/mol. The number of hydrogen-bond donors (Lipinski definition) is 3. The van der Waals surface area contributed by atoms with Gasteiger partial charge >= 0.3 is 6.03 Å². The maximum atomic E-state index is 13.3. The van der Waals surface area contributed by atoms with E-state index in [1.807, 2.05) is 13.8 Å². The molecule has 1 atom stereocenters. The second kappa shape index (κ2) is 6.56. The number of nitrogens with one attached hydrogen (secondary N) is 2. The van der Waals surface area contributed by atoms with Crippen molar-refractivity contribution >= 4 is 17.6 Å². The van der Waals surface area contributed by atoms with E-state index in [1.165, 1.54) is 12.1 Å². The lowest BCUT2D eigenvalue weighted by Gasteiger charge is -2.18. The summed E-state index contributed by atoms with van der Waals surface area (Å²) in [6, 6.07) is 3.03. The predicted molar refractivity (Wildman–Crippen MR) is 68.0 cm³/mol. The first-order chi connectivity index (χ1) is 8.43. The Morgan fingerprint density at radius 1 is 1.44 bits per heavy atom. The SMILES string of the molecule is CC(C)NC(=O)NC(CO)c1ccc(Cl)c(F)c1. The molecule has 0 spiro atoms. The number of carbonyl (C=O) groups is 1. The van der Waals surface area contributed by atoms with Crippen molar-refractivity contribution in [2.45, 2.75) is 25.9 Å². The number of halogens is 2. The molecule has 18 heavy (non-hydrogen) atoms. The van der Waals surface area contributed by atoms with Crippen molar-refractivity contribution in [1.29, 1.82) is 0 Å². The van der Waals surface area contributed by atoms with Crippen LogP contribution in [0.3, 0.4) is 0 Å². The summed E-state index contributed by atoms with van der Waals surface area (Å²) in [5, 5.41) is 14.4. The molecule has 3 N–H and O–H groups in total. The Balaban J connectivity index is 2.76. The van der Waals surface area contributed by atoms with Gasteiger partial charge in [0, 0.05) is 6.04 Å². The Labute approximate surface area is 110 Å². The van der Waals surface area contributed by atoms with E-state index in [-0.39, 0.29) is 17.7 Å². The number of rotatable bonds is 4. The van der Waals surface area contributed by atoms with Crippen molar-refractivity contribution in [3.05, 3.63) is 34.6 Å². The predicted octanol–water partition coefficient (Wildman–Crippen LogP) is 2.22. The van der Waals surface area contributed by atoms with Crippen LogP contribution in [-0.2, 0) is 0 Å². The number of benzene rings is 1. The van der Waals surface area contributed by atoms with E-state index in [9.17, 15) is 14.3 Å². The third-order valence-electron chi connectivity index (χ3n) is 2.25. The second-order valence-corrected chi connectivity index (χ2v) is 4.59. The van der Waals surface area contributed by atoms with Crippen molar-refractivity contribution in [3.63, 3.8) is 0 Å². The maximum absolute atomic E-state index is 13.3. The van der Waals surface area contributed by atoms with Crippen molar-refractivity contribution in [2.75, 3.05) is 6.61 Å². The monoisotopic (exact) mass is 274 g/mol. The summed E-state index contributed by atoms with van der Waals surface area (Å²) in [6.07, 6.45) is 0. The molecule has 0 bridgehead atoms. The molecular formula is C12H16ClFN2O2. The molecule has 6 heteroatoms. The van der Waals surface area contributed by atoms with E-state index in [0.717, 1.165) is 0 Å². The van der Waals surface area contributed by atoms with Crippen LogP contribution in [0.2, 0.25) is 5.02 Å². The van der Waals surface area contributed by atoms with Gasteiger partial charge in [-0.3, -0.25) is 0 Å². The van der Waals surface area contributed by atoms with Crippen molar-refractivity contribution in [1.82, 2.24) is 10.6 Å².